The summed E-state index contributed by atoms with van der Waals surface area (Å²) in [6, 6.07) is 14.5. The Kier molecular flexibility index (Phi) is 10.7. The van der Waals surface area contributed by atoms with Crippen LogP contribution in [0.15, 0.2) is 49.0 Å². The quantitative estimate of drug-likeness (QED) is 0.224. The Morgan fingerprint density at radius 3 is 2.35 bits per heavy atom. The molecule has 0 saturated carbocycles. The molecule has 0 aromatic heterocycles. The topological polar surface area (TPSA) is 43.4 Å². The third kappa shape index (κ3) is 8.49. The Morgan fingerprint density at radius 1 is 0.892 bits per heavy atom. The normalized spacial score (nSPS) is 18.3. The molecule has 2 saturated heterocycles. The number of rotatable bonds is 15. The summed E-state index contributed by atoms with van der Waals surface area (Å²) in [5.41, 5.74) is 1.98. The van der Waals surface area contributed by atoms with Crippen molar-refractivity contribution in [3.05, 3.63) is 60.2 Å². The molecule has 0 bridgehead atoms. The number of nitrogens with zero attached hydrogens (tertiary/aromatic N) is 2. The summed E-state index contributed by atoms with van der Waals surface area (Å²) in [6.45, 7) is 14.2. The largest absolute Gasteiger partial charge is 0.494 e. The summed E-state index contributed by atoms with van der Waals surface area (Å²) < 4.78 is 23.5. The van der Waals surface area contributed by atoms with Gasteiger partial charge in [0.05, 0.1) is 19.8 Å². The number of methoxy groups -OCH3 is 1. The van der Waals surface area contributed by atoms with E-state index in [-0.39, 0.29) is 0 Å². The zero-order chi connectivity index (χ0) is 25.9. The molecule has 0 amide bonds. The highest BCUT2D eigenvalue weighted by molar-refractivity contribution is 5.61. The van der Waals surface area contributed by atoms with Gasteiger partial charge < -0.3 is 23.8 Å². The van der Waals surface area contributed by atoms with E-state index in [9.17, 15) is 0 Å². The molecule has 2 aliphatic heterocycles. The van der Waals surface area contributed by atoms with E-state index in [2.05, 4.69) is 16.4 Å². The van der Waals surface area contributed by atoms with Gasteiger partial charge >= 0.3 is 0 Å². The minimum absolute atomic E-state index is 0.552. The fraction of sp³-hybridized carbons (Fsp3) is 0.548. The highest BCUT2D eigenvalue weighted by atomic mass is 16.5. The van der Waals surface area contributed by atoms with Crippen LogP contribution in [0.3, 0.4) is 0 Å². The molecule has 37 heavy (non-hydrogen) atoms. The van der Waals surface area contributed by atoms with Crippen LogP contribution in [0.5, 0.6) is 17.2 Å². The van der Waals surface area contributed by atoms with Crippen LogP contribution in [0.2, 0.25) is 0 Å². The standard InChI is InChI=1S/C31H44N2O4/c1-25-10-13-30(36-22-8-20-33-19-6-9-28(33)24-34-3)23-31(25)37-26(2)27-11-14-29(15-12-27)35-21-7-18-32-16-4-5-17-32/h10-15,23,28H,2,4-9,16-22,24H2,1,3H3/t28-/m1/s1. The maximum absolute atomic E-state index is 6.15. The van der Waals surface area contributed by atoms with Gasteiger partial charge in [0.25, 0.3) is 0 Å². The van der Waals surface area contributed by atoms with Crippen LogP contribution in [-0.4, -0.2) is 75.5 Å². The van der Waals surface area contributed by atoms with E-state index in [1.807, 2.05) is 49.4 Å². The fourth-order valence-corrected chi connectivity index (χ4v) is 5.22. The predicted molar refractivity (Wildman–Crippen MR) is 150 cm³/mol. The van der Waals surface area contributed by atoms with Crippen LogP contribution in [0.1, 0.15) is 49.7 Å². The number of aryl methyl sites for hydroxylation is 1. The smallest absolute Gasteiger partial charge is 0.134 e. The van der Waals surface area contributed by atoms with Gasteiger partial charge in [-0.2, -0.15) is 0 Å². The van der Waals surface area contributed by atoms with E-state index >= 15 is 0 Å². The molecule has 2 aromatic rings. The van der Waals surface area contributed by atoms with Crippen molar-refractivity contribution in [2.24, 2.45) is 0 Å². The molecule has 2 heterocycles. The zero-order valence-electron chi connectivity index (χ0n) is 22.8. The van der Waals surface area contributed by atoms with Crippen LogP contribution in [0.25, 0.3) is 5.76 Å². The highest BCUT2D eigenvalue weighted by Crippen LogP contribution is 2.29. The number of likely N-dealkylation sites (tertiary alicyclic amines) is 2. The molecule has 0 spiro atoms. The average molecular weight is 509 g/mol. The second-order valence-electron chi connectivity index (χ2n) is 10.2. The molecule has 6 heteroatoms. The van der Waals surface area contributed by atoms with E-state index in [0.717, 1.165) is 74.1 Å². The molecule has 202 valence electrons. The van der Waals surface area contributed by atoms with Gasteiger partial charge in [-0.3, -0.25) is 4.90 Å². The molecule has 0 N–H and O–H groups in total. The van der Waals surface area contributed by atoms with Gasteiger partial charge in [0, 0.05) is 37.9 Å². The summed E-state index contributed by atoms with van der Waals surface area (Å²) in [5, 5.41) is 0. The second-order valence-corrected chi connectivity index (χ2v) is 10.2. The lowest BCUT2D eigenvalue weighted by molar-refractivity contribution is 0.111. The molecule has 2 aromatic carbocycles. The first-order chi connectivity index (χ1) is 18.1. The molecule has 4 rings (SSSR count). The first-order valence-corrected chi connectivity index (χ1v) is 13.9. The highest BCUT2D eigenvalue weighted by Gasteiger charge is 2.23. The Bertz CT molecular complexity index is 972. The number of hydrogen-bond donors (Lipinski definition) is 0. The summed E-state index contributed by atoms with van der Waals surface area (Å²) in [4.78, 5) is 5.04. The molecule has 0 aliphatic carbocycles. The van der Waals surface area contributed by atoms with Crippen molar-refractivity contribution in [3.63, 3.8) is 0 Å². The first-order valence-electron chi connectivity index (χ1n) is 13.9. The van der Waals surface area contributed by atoms with Crippen molar-refractivity contribution in [2.45, 2.75) is 51.5 Å². The number of benzene rings is 2. The van der Waals surface area contributed by atoms with Gasteiger partial charge in [-0.25, -0.2) is 0 Å². The summed E-state index contributed by atoms with van der Waals surface area (Å²) in [7, 11) is 1.78. The molecule has 6 nitrogen and oxygen atoms in total. The molecular weight excluding hydrogens is 464 g/mol. The minimum atomic E-state index is 0.552. The predicted octanol–water partition coefficient (Wildman–Crippen LogP) is 5.79. The lowest BCUT2D eigenvalue weighted by Crippen LogP contribution is -2.34. The Morgan fingerprint density at radius 2 is 1.59 bits per heavy atom. The van der Waals surface area contributed by atoms with Gasteiger partial charge in [-0.05, 0) is 101 Å². The summed E-state index contributed by atoms with van der Waals surface area (Å²) in [6.07, 6.45) is 7.20. The zero-order valence-corrected chi connectivity index (χ0v) is 22.8. The molecule has 0 radical (unpaired) electrons. The van der Waals surface area contributed by atoms with Crippen molar-refractivity contribution >= 4 is 5.76 Å². The van der Waals surface area contributed by atoms with E-state index in [0.29, 0.717) is 18.4 Å². The van der Waals surface area contributed by atoms with E-state index in [1.165, 1.54) is 38.8 Å². The Balaban J connectivity index is 1.20. The van der Waals surface area contributed by atoms with Gasteiger partial charge in [-0.1, -0.05) is 12.6 Å². The number of hydrogen-bond acceptors (Lipinski definition) is 6. The second kappa shape index (κ2) is 14.4. The van der Waals surface area contributed by atoms with Crippen molar-refractivity contribution < 1.29 is 18.9 Å². The van der Waals surface area contributed by atoms with Crippen molar-refractivity contribution in [1.82, 2.24) is 9.80 Å². The van der Waals surface area contributed by atoms with Gasteiger partial charge in [0.15, 0.2) is 0 Å². The van der Waals surface area contributed by atoms with Gasteiger partial charge in [0.2, 0.25) is 0 Å². The van der Waals surface area contributed by atoms with Crippen LogP contribution < -0.4 is 14.2 Å². The maximum Gasteiger partial charge on any atom is 0.134 e. The molecular formula is C31H44N2O4. The van der Waals surface area contributed by atoms with Crippen LogP contribution in [-0.2, 0) is 4.74 Å². The fourth-order valence-electron chi connectivity index (χ4n) is 5.22. The third-order valence-electron chi connectivity index (χ3n) is 7.37. The van der Waals surface area contributed by atoms with Crippen molar-refractivity contribution in [3.8, 4) is 17.2 Å². The van der Waals surface area contributed by atoms with E-state index in [1.54, 1.807) is 7.11 Å². The lowest BCUT2D eigenvalue weighted by atomic mass is 10.2. The third-order valence-corrected chi connectivity index (χ3v) is 7.37. The monoisotopic (exact) mass is 508 g/mol. The van der Waals surface area contributed by atoms with Crippen LogP contribution in [0, 0.1) is 6.92 Å². The van der Waals surface area contributed by atoms with Crippen molar-refractivity contribution in [1.29, 1.82) is 0 Å². The van der Waals surface area contributed by atoms with Gasteiger partial charge in [0.1, 0.15) is 23.0 Å². The Labute approximate surface area is 223 Å². The van der Waals surface area contributed by atoms with Crippen LogP contribution >= 0.6 is 0 Å². The Hall–Kier alpha value is -2.54. The molecule has 0 unspecified atom stereocenters. The molecule has 1 atom stereocenters. The minimum Gasteiger partial charge on any atom is -0.494 e. The first kappa shape index (κ1) is 27.5. The van der Waals surface area contributed by atoms with E-state index in [4.69, 9.17) is 18.9 Å². The summed E-state index contributed by atoms with van der Waals surface area (Å²) >= 11 is 0. The number of ether oxygens (including phenoxy) is 4. The molecule has 2 aliphatic rings. The van der Waals surface area contributed by atoms with E-state index < -0.39 is 0 Å². The van der Waals surface area contributed by atoms with Gasteiger partial charge in [-0.15, -0.1) is 0 Å². The molecule has 2 fully saturated rings. The van der Waals surface area contributed by atoms with Crippen LogP contribution in [0.4, 0.5) is 0 Å². The SMILES string of the molecule is C=C(Oc1cc(OCCCN2CCC[C@@H]2COC)ccc1C)c1ccc(OCCCN2CCCC2)cc1. The lowest BCUT2D eigenvalue weighted by Gasteiger charge is -2.23. The maximum atomic E-state index is 6.15. The van der Waals surface area contributed by atoms with Crippen molar-refractivity contribution in [2.75, 3.05) is 59.7 Å². The average Bonchev–Trinajstić information content (AvgIpc) is 3.59. The summed E-state index contributed by atoms with van der Waals surface area (Å²) in [5.74, 6) is 3.08.